The summed E-state index contributed by atoms with van der Waals surface area (Å²) in [6.07, 6.45) is 7.71. The van der Waals surface area contributed by atoms with Crippen molar-refractivity contribution in [1.82, 2.24) is 10.6 Å². The Morgan fingerprint density at radius 3 is 2.86 bits per heavy atom. The van der Waals surface area contributed by atoms with Crippen molar-refractivity contribution >= 4 is 5.91 Å². The predicted molar refractivity (Wildman–Crippen MR) is 58.1 cm³/mol. The van der Waals surface area contributed by atoms with Crippen LogP contribution >= 0.6 is 0 Å². The number of rotatable bonds is 4. The maximum atomic E-state index is 11.3. The van der Waals surface area contributed by atoms with E-state index in [2.05, 4.69) is 22.8 Å². The van der Waals surface area contributed by atoms with Crippen LogP contribution in [0.15, 0.2) is 12.2 Å². The van der Waals surface area contributed by atoms with Gasteiger partial charge in [-0.2, -0.15) is 0 Å². The molecule has 80 valence electrons. The van der Waals surface area contributed by atoms with Crippen LogP contribution in [0.4, 0.5) is 0 Å². The molecule has 0 heterocycles. The van der Waals surface area contributed by atoms with Crippen LogP contribution in [0.2, 0.25) is 0 Å². The van der Waals surface area contributed by atoms with Crippen LogP contribution in [0, 0.1) is 0 Å². The topological polar surface area (TPSA) is 41.1 Å². The number of carbonyl (C=O) groups is 1. The smallest absolute Gasteiger partial charge is 0.234 e. The van der Waals surface area contributed by atoms with E-state index < -0.39 is 0 Å². The van der Waals surface area contributed by atoms with Gasteiger partial charge in [-0.3, -0.25) is 4.79 Å². The van der Waals surface area contributed by atoms with Crippen LogP contribution in [-0.2, 0) is 4.79 Å². The summed E-state index contributed by atoms with van der Waals surface area (Å²) in [7, 11) is 0. The highest BCUT2D eigenvalue weighted by Crippen LogP contribution is 2.09. The van der Waals surface area contributed by atoms with Crippen LogP contribution in [0.5, 0.6) is 0 Å². The Bertz CT molecular complexity index is 211. The molecule has 1 unspecified atom stereocenters. The molecule has 0 spiro atoms. The molecule has 1 atom stereocenters. The first-order valence-electron chi connectivity index (χ1n) is 5.36. The molecule has 1 aliphatic carbocycles. The molecule has 1 amide bonds. The molecule has 0 radical (unpaired) electrons. The number of carbonyl (C=O) groups excluding carboxylic acids is 1. The van der Waals surface area contributed by atoms with Gasteiger partial charge in [-0.25, -0.2) is 0 Å². The fourth-order valence-electron chi connectivity index (χ4n) is 1.59. The third-order valence-electron chi connectivity index (χ3n) is 2.27. The van der Waals surface area contributed by atoms with E-state index in [1.807, 2.05) is 13.8 Å². The molecular weight excluding hydrogens is 176 g/mol. The number of hydrogen-bond donors (Lipinski definition) is 2. The summed E-state index contributed by atoms with van der Waals surface area (Å²) in [5, 5.41) is 6.13. The normalized spacial score (nSPS) is 21.2. The van der Waals surface area contributed by atoms with Crippen molar-refractivity contribution in [3.8, 4) is 0 Å². The van der Waals surface area contributed by atoms with Crippen molar-refractivity contribution in [3.05, 3.63) is 12.2 Å². The quantitative estimate of drug-likeness (QED) is 0.664. The van der Waals surface area contributed by atoms with E-state index >= 15 is 0 Å². The van der Waals surface area contributed by atoms with Crippen LogP contribution < -0.4 is 10.6 Å². The zero-order valence-electron chi connectivity index (χ0n) is 9.05. The fraction of sp³-hybridized carbons (Fsp3) is 0.727. The first kappa shape index (κ1) is 11.2. The van der Waals surface area contributed by atoms with Crippen LogP contribution in [0.3, 0.4) is 0 Å². The highest BCUT2D eigenvalue weighted by molar-refractivity contribution is 5.78. The first-order chi connectivity index (χ1) is 6.68. The first-order valence-corrected chi connectivity index (χ1v) is 5.36. The lowest BCUT2D eigenvalue weighted by Gasteiger charge is -2.19. The number of nitrogens with one attached hydrogen (secondary N) is 2. The van der Waals surface area contributed by atoms with Crippen LogP contribution in [0.1, 0.15) is 33.1 Å². The lowest BCUT2D eigenvalue weighted by molar-refractivity contribution is -0.120. The van der Waals surface area contributed by atoms with Crippen molar-refractivity contribution in [3.63, 3.8) is 0 Å². The molecule has 0 bridgehead atoms. The number of hydrogen-bond acceptors (Lipinski definition) is 2. The molecule has 1 rings (SSSR count). The summed E-state index contributed by atoms with van der Waals surface area (Å²) >= 11 is 0. The maximum absolute atomic E-state index is 11.3. The zero-order valence-corrected chi connectivity index (χ0v) is 9.05. The van der Waals surface area contributed by atoms with E-state index in [4.69, 9.17) is 0 Å². The van der Waals surface area contributed by atoms with Gasteiger partial charge in [0.1, 0.15) is 0 Å². The Morgan fingerprint density at radius 1 is 1.50 bits per heavy atom. The van der Waals surface area contributed by atoms with Gasteiger partial charge in [-0.1, -0.05) is 12.2 Å². The fourth-order valence-corrected chi connectivity index (χ4v) is 1.59. The van der Waals surface area contributed by atoms with Crippen molar-refractivity contribution in [1.29, 1.82) is 0 Å². The van der Waals surface area contributed by atoms with Gasteiger partial charge in [0.15, 0.2) is 0 Å². The molecule has 0 aromatic carbocycles. The SMILES string of the molecule is CC(C)NC(=O)CNC1CC=CCC1. The van der Waals surface area contributed by atoms with E-state index in [1.54, 1.807) is 0 Å². The van der Waals surface area contributed by atoms with Gasteiger partial charge in [0, 0.05) is 12.1 Å². The Morgan fingerprint density at radius 2 is 2.29 bits per heavy atom. The molecule has 0 aliphatic heterocycles. The van der Waals surface area contributed by atoms with Gasteiger partial charge in [0.25, 0.3) is 0 Å². The standard InChI is InChI=1S/C11H20N2O/c1-9(2)13-11(14)8-12-10-6-4-3-5-7-10/h3-4,9-10,12H,5-8H2,1-2H3,(H,13,14). The maximum Gasteiger partial charge on any atom is 0.234 e. The Labute approximate surface area is 86.0 Å². The lowest BCUT2D eigenvalue weighted by atomic mass is 10.0. The van der Waals surface area contributed by atoms with Crippen molar-refractivity contribution in [2.24, 2.45) is 0 Å². The molecule has 3 heteroatoms. The largest absolute Gasteiger partial charge is 0.353 e. The number of amides is 1. The Balaban J connectivity index is 2.13. The molecule has 0 aromatic rings. The van der Waals surface area contributed by atoms with Gasteiger partial charge in [0.05, 0.1) is 6.54 Å². The molecular formula is C11H20N2O. The third kappa shape index (κ3) is 4.42. The van der Waals surface area contributed by atoms with Crippen molar-refractivity contribution in [2.75, 3.05) is 6.54 Å². The second-order valence-corrected chi connectivity index (χ2v) is 4.08. The molecule has 0 saturated heterocycles. The molecule has 2 N–H and O–H groups in total. The monoisotopic (exact) mass is 196 g/mol. The van der Waals surface area contributed by atoms with Gasteiger partial charge >= 0.3 is 0 Å². The molecule has 0 aromatic heterocycles. The molecule has 3 nitrogen and oxygen atoms in total. The summed E-state index contributed by atoms with van der Waals surface area (Å²) in [5.41, 5.74) is 0. The summed E-state index contributed by atoms with van der Waals surface area (Å²) in [6.45, 7) is 4.39. The van der Waals surface area contributed by atoms with Gasteiger partial charge in [-0.05, 0) is 33.1 Å². The van der Waals surface area contributed by atoms with E-state index in [1.165, 1.54) is 0 Å². The number of allylic oxidation sites excluding steroid dienone is 1. The molecule has 1 aliphatic rings. The van der Waals surface area contributed by atoms with Gasteiger partial charge in [0.2, 0.25) is 5.91 Å². The Kier molecular flexibility index (Phi) is 4.66. The van der Waals surface area contributed by atoms with Gasteiger partial charge in [-0.15, -0.1) is 0 Å². The third-order valence-corrected chi connectivity index (χ3v) is 2.27. The van der Waals surface area contributed by atoms with Crippen molar-refractivity contribution < 1.29 is 4.79 Å². The molecule has 14 heavy (non-hydrogen) atoms. The minimum atomic E-state index is 0.0922. The van der Waals surface area contributed by atoms with E-state index in [0.717, 1.165) is 19.3 Å². The van der Waals surface area contributed by atoms with E-state index in [9.17, 15) is 4.79 Å². The lowest BCUT2D eigenvalue weighted by Crippen LogP contribution is -2.41. The second kappa shape index (κ2) is 5.81. The molecule has 0 saturated carbocycles. The Hall–Kier alpha value is -0.830. The van der Waals surface area contributed by atoms with Gasteiger partial charge < -0.3 is 10.6 Å². The van der Waals surface area contributed by atoms with Crippen molar-refractivity contribution in [2.45, 2.75) is 45.2 Å². The van der Waals surface area contributed by atoms with E-state index in [-0.39, 0.29) is 11.9 Å². The minimum absolute atomic E-state index is 0.0922. The average Bonchev–Trinajstić information content (AvgIpc) is 2.15. The van der Waals surface area contributed by atoms with E-state index in [0.29, 0.717) is 12.6 Å². The van der Waals surface area contributed by atoms with Crippen LogP contribution in [0.25, 0.3) is 0 Å². The minimum Gasteiger partial charge on any atom is -0.353 e. The average molecular weight is 196 g/mol. The second-order valence-electron chi connectivity index (χ2n) is 4.08. The predicted octanol–water partition coefficient (Wildman–Crippen LogP) is 1.21. The summed E-state index contributed by atoms with van der Waals surface area (Å²) in [6, 6.07) is 0.716. The highest BCUT2D eigenvalue weighted by atomic mass is 16.1. The summed E-state index contributed by atoms with van der Waals surface area (Å²) < 4.78 is 0. The zero-order chi connectivity index (χ0) is 10.4. The molecule has 0 fully saturated rings. The summed E-state index contributed by atoms with van der Waals surface area (Å²) in [5.74, 6) is 0.0922. The highest BCUT2D eigenvalue weighted by Gasteiger charge is 2.10. The summed E-state index contributed by atoms with van der Waals surface area (Å²) in [4.78, 5) is 11.3. The van der Waals surface area contributed by atoms with Crippen LogP contribution in [-0.4, -0.2) is 24.5 Å².